The van der Waals surface area contributed by atoms with E-state index in [1.807, 2.05) is 0 Å². The van der Waals surface area contributed by atoms with Crippen molar-refractivity contribution in [3.63, 3.8) is 0 Å². The normalized spacial score (nSPS) is 15.9. The van der Waals surface area contributed by atoms with Gasteiger partial charge in [0, 0.05) is 86.6 Å². The smallest absolute Gasteiger partial charge is 0.380 e. The van der Waals surface area contributed by atoms with Gasteiger partial charge in [0.1, 0.15) is 8.42 Å². The molecule has 1 aliphatic carbocycles. The Morgan fingerprint density at radius 2 is 0.634 bits per heavy atom. The lowest BCUT2D eigenvalue weighted by atomic mass is 9.98. The van der Waals surface area contributed by atoms with Gasteiger partial charge in [-0.25, -0.2) is 16.8 Å². The van der Waals surface area contributed by atoms with Crippen LogP contribution >= 0.6 is 22.7 Å². The molecule has 0 spiro atoms. The number of alkyl halides is 6. The molecule has 2 heterocycles. The standard InChI is InChI=1S/C43H68F6N2O16S4/c1-33-31-35(39(68-33)70(52,53)50(7-11-60-23-27-64-19-15-56-3)8-12-61-24-28-65-20-16-57-4)37-38(42(46,47)43(48,49)41(37,44)45)36-32-34(2)69-40(36)71(54,55)51(9-13-62-25-29-66-21-17-58-5)10-14-63-26-30-67-22-18-59-6/h31-32H,7-30H2,1-6H3. The van der Waals surface area contributed by atoms with Crippen LogP contribution in [-0.2, 0) is 76.9 Å². The summed E-state index contributed by atoms with van der Waals surface area (Å²) in [7, 11) is -4.09. The monoisotopic (exact) mass is 1110 g/mol. The van der Waals surface area contributed by atoms with E-state index < -0.39 is 94.7 Å². The number of thiophene rings is 2. The van der Waals surface area contributed by atoms with Crippen LogP contribution in [-0.4, -0.2) is 230 Å². The van der Waals surface area contributed by atoms with Crippen LogP contribution in [0.3, 0.4) is 0 Å². The largest absolute Gasteiger partial charge is 0.382 e. The van der Waals surface area contributed by atoms with Gasteiger partial charge in [-0.3, -0.25) is 0 Å². The summed E-state index contributed by atoms with van der Waals surface area (Å²) in [5.74, 6) is -17.7. The van der Waals surface area contributed by atoms with Gasteiger partial charge in [0.25, 0.3) is 20.0 Å². The van der Waals surface area contributed by atoms with Crippen LogP contribution in [0.5, 0.6) is 0 Å². The predicted octanol–water partition coefficient (Wildman–Crippen LogP) is 4.96. The average molecular weight is 1110 g/mol. The number of allylic oxidation sites excluding steroid dienone is 2. The summed E-state index contributed by atoms with van der Waals surface area (Å²) < 4.78 is 220. The molecule has 0 amide bonds. The van der Waals surface area contributed by atoms with E-state index in [0.717, 1.165) is 20.7 Å². The summed E-state index contributed by atoms with van der Waals surface area (Å²) >= 11 is 0.774. The van der Waals surface area contributed by atoms with Crippen LogP contribution in [0.4, 0.5) is 26.3 Å². The number of hydrogen-bond acceptors (Lipinski definition) is 18. The van der Waals surface area contributed by atoms with E-state index in [1.165, 1.54) is 42.3 Å². The first-order chi connectivity index (χ1) is 33.8. The molecule has 3 rings (SSSR count). The van der Waals surface area contributed by atoms with Crippen molar-refractivity contribution in [1.29, 1.82) is 0 Å². The molecule has 0 aliphatic heterocycles. The van der Waals surface area contributed by atoms with Crippen LogP contribution < -0.4 is 0 Å². The van der Waals surface area contributed by atoms with Gasteiger partial charge in [0.05, 0.1) is 132 Å². The molecule has 0 atom stereocenters. The summed E-state index contributed by atoms with van der Waals surface area (Å²) in [6.07, 6.45) is 0. The fourth-order valence-electron chi connectivity index (χ4n) is 6.61. The number of hydrogen-bond donors (Lipinski definition) is 0. The zero-order valence-corrected chi connectivity index (χ0v) is 44.2. The van der Waals surface area contributed by atoms with Gasteiger partial charge in [-0.1, -0.05) is 0 Å². The minimum atomic E-state index is -6.17. The lowest BCUT2D eigenvalue weighted by Crippen LogP contribution is -2.49. The SMILES string of the molecule is COCCOCCOCCN(CCOCCOCCOC)S(=O)(=O)c1sc(C)cc1C1=C(c2cc(C)sc2S(=O)(=O)N(CCOCCOCCOC)CCOCCOCCOC)C(F)(F)C(F)(F)C1(F)F. The fraction of sp³-hybridized carbons (Fsp3) is 0.767. The third-order valence-corrected chi connectivity index (χ3v) is 17.1. The molecule has 0 unspecified atom stereocenters. The number of nitrogens with zero attached hydrogens (tertiary/aromatic N) is 2. The Hall–Kier alpha value is -1.94. The van der Waals surface area contributed by atoms with Gasteiger partial charge in [0.15, 0.2) is 0 Å². The molecule has 0 bridgehead atoms. The number of rotatable bonds is 42. The van der Waals surface area contributed by atoms with E-state index in [2.05, 4.69) is 0 Å². The van der Waals surface area contributed by atoms with Gasteiger partial charge in [-0.05, 0) is 26.0 Å². The van der Waals surface area contributed by atoms with E-state index in [9.17, 15) is 16.8 Å². The highest BCUT2D eigenvalue weighted by Gasteiger charge is 2.81. The van der Waals surface area contributed by atoms with E-state index >= 15 is 26.3 Å². The maximum atomic E-state index is 16.6. The van der Waals surface area contributed by atoms with E-state index in [-0.39, 0.29) is 115 Å². The highest BCUT2D eigenvalue weighted by atomic mass is 32.3. The minimum Gasteiger partial charge on any atom is -0.382 e. The van der Waals surface area contributed by atoms with Crippen molar-refractivity contribution >= 4 is 53.9 Å². The van der Waals surface area contributed by atoms with Crippen LogP contribution in [0.15, 0.2) is 20.6 Å². The van der Waals surface area contributed by atoms with Crippen molar-refractivity contribution in [2.75, 3.05) is 187 Å². The van der Waals surface area contributed by atoms with Gasteiger partial charge in [-0.15, -0.1) is 22.7 Å². The quantitative estimate of drug-likeness (QED) is 0.0642. The molecule has 2 aromatic heterocycles. The van der Waals surface area contributed by atoms with E-state index in [0.29, 0.717) is 49.1 Å². The first-order valence-electron chi connectivity index (χ1n) is 22.5. The Balaban J connectivity index is 2.13. The van der Waals surface area contributed by atoms with Crippen LogP contribution in [0, 0.1) is 13.8 Å². The van der Waals surface area contributed by atoms with Gasteiger partial charge in [-0.2, -0.15) is 35.0 Å². The van der Waals surface area contributed by atoms with Crippen LogP contribution in [0.1, 0.15) is 20.9 Å². The van der Waals surface area contributed by atoms with Crippen molar-refractivity contribution in [3.05, 3.63) is 33.0 Å². The molecule has 0 N–H and O–H groups in total. The third kappa shape index (κ3) is 18.1. The Morgan fingerprint density at radius 3 is 0.873 bits per heavy atom. The summed E-state index contributed by atoms with van der Waals surface area (Å²) in [5, 5.41) is 0. The molecule has 0 fully saturated rings. The summed E-state index contributed by atoms with van der Waals surface area (Å²) in [5.41, 5.74) is -6.39. The second-order valence-corrected chi connectivity index (χ2v) is 22.0. The first kappa shape index (κ1) is 63.4. The maximum absolute atomic E-state index is 16.6. The first-order valence-corrected chi connectivity index (χ1v) is 27.0. The van der Waals surface area contributed by atoms with Crippen molar-refractivity contribution in [3.8, 4) is 0 Å². The van der Waals surface area contributed by atoms with Gasteiger partial charge in [0.2, 0.25) is 0 Å². The highest BCUT2D eigenvalue weighted by Crippen LogP contribution is 2.66. The lowest BCUT2D eigenvalue weighted by Gasteiger charge is -2.26. The molecular weight excluding hydrogens is 1040 g/mol. The van der Waals surface area contributed by atoms with Gasteiger partial charge >= 0.3 is 17.8 Å². The predicted molar refractivity (Wildman–Crippen MR) is 251 cm³/mol. The van der Waals surface area contributed by atoms with E-state index in [1.54, 1.807) is 0 Å². The number of sulfonamides is 2. The number of aryl methyl sites for hydroxylation is 2. The summed E-state index contributed by atoms with van der Waals surface area (Å²) in [6.45, 7) is 2.61. The molecule has 0 radical (unpaired) electrons. The molecule has 0 aromatic carbocycles. The highest BCUT2D eigenvalue weighted by molar-refractivity contribution is 7.91. The minimum absolute atomic E-state index is 0.0141. The molecular formula is C43H68F6N2O16S4. The van der Waals surface area contributed by atoms with Crippen molar-refractivity contribution in [2.24, 2.45) is 0 Å². The van der Waals surface area contributed by atoms with Crippen molar-refractivity contribution in [1.82, 2.24) is 8.61 Å². The van der Waals surface area contributed by atoms with E-state index in [4.69, 9.17) is 56.8 Å². The zero-order valence-electron chi connectivity index (χ0n) is 41.0. The Morgan fingerprint density at radius 1 is 0.408 bits per heavy atom. The van der Waals surface area contributed by atoms with Gasteiger partial charge < -0.3 is 56.8 Å². The molecule has 1 aliphatic rings. The Labute approximate surface area is 420 Å². The second-order valence-electron chi connectivity index (χ2n) is 15.3. The Kier molecular flexibility index (Phi) is 28.4. The molecule has 2 aromatic rings. The number of ether oxygens (including phenoxy) is 12. The summed E-state index contributed by atoms with van der Waals surface area (Å²) in [6, 6.07) is 1.59. The number of methoxy groups -OCH3 is 4. The maximum Gasteiger partial charge on any atom is 0.380 e. The summed E-state index contributed by atoms with van der Waals surface area (Å²) in [4.78, 5) is -0.0512. The molecule has 0 saturated carbocycles. The molecule has 18 nitrogen and oxygen atoms in total. The zero-order chi connectivity index (χ0) is 52.6. The van der Waals surface area contributed by atoms with Crippen LogP contribution in [0.25, 0.3) is 11.1 Å². The Bertz CT molecular complexity index is 1910. The molecule has 0 saturated heterocycles. The van der Waals surface area contributed by atoms with Crippen LogP contribution in [0.2, 0.25) is 0 Å². The molecule has 71 heavy (non-hydrogen) atoms. The second kappa shape index (κ2) is 31.8. The van der Waals surface area contributed by atoms with Crippen molar-refractivity contribution in [2.45, 2.75) is 40.0 Å². The third-order valence-electron chi connectivity index (χ3n) is 10.2. The molecule has 412 valence electrons. The lowest BCUT2D eigenvalue weighted by molar-refractivity contribution is -0.254. The van der Waals surface area contributed by atoms with Crippen molar-refractivity contribution < 1.29 is 100 Å². The fourth-order valence-corrected chi connectivity index (χ4v) is 13.0. The number of halogens is 6. The molecule has 28 heteroatoms. The average Bonchev–Trinajstić information content (AvgIpc) is 3.94. The topological polar surface area (TPSA) is 186 Å².